The molecule has 0 bridgehead atoms. The van der Waals surface area contributed by atoms with Crippen molar-refractivity contribution >= 4 is 11.8 Å². The van der Waals surface area contributed by atoms with Crippen molar-refractivity contribution < 1.29 is 27.5 Å². The van der Waals surface area contributed by atoms with Gasteiger partial charge >= 0.3 is 6.36 Å². The van der Waals surface area contributed by atoms with E-state index in [1.54, 1.807) is 9.47 Å². The summed E-state index contributed by atoms with van der Waals surface area (Å²) in [6.07, 6.45) is 2.44. The van der Waals surface area contributed by atoms with E-state index in [1.807, 2.05) is 13.8 Å². The number of carbonyl (C=O) groups excluding carboxylic acids is 2. The number of carbonyl (C=O) groups is 2. The fraction of sp³-hybridized carbons (Fsp3) is 0.480. The van der Waals surface area contributed by atoms with E-state index in [9.17, 15) is 27.6 Å². The van der Waals surface area contributed by atoms with Crippen LogP contribution in [-0.2, 0) is 6.54 Å². The number of ether oxygens (including phenoxy) is 1. The van der Waals surface area contributed by atoms with E-state index in [2.05, 4.69) is 10.1 Å². The Bertz CT molecular complexity index is 1110. The van der Waals surface area contributed by atoms with Crippen LogP contribution in [0.2, 0.25) is 0 Å². The molecular formula is C25H30F3N3O4. The van der Waals surface area contributed by atoms with E-state index < -0.39 is 29.4 Å². The lowest BCUT2D eigenvalue weighted by Crippen LogP contribution is -2.38. The summed E-state index contributed by atoms with van der Waals surface area (Å²) in [5.74, 6) is -1.63. The highest BCUT2D eigenvalue weighted by Gasteiger charge is 2.32. The van der Waals surface area contributed by atoms with Gasteiger partial charge in [0.15, 0.2) is 0 Å². The van der Waals surface area contributed by atoms with Gasteiger partial charge in [0.1, 0.15) is 16.9 Å². The third-order valence-electron chi connectivity index (χ3n) is 6.15. The highest BCUT2D eigenvalue weighted by Crippen LogP contribution is 2.26. The first-order valence-corrected chi connectivity index (χ1v) is 11.8. The minimum atomic E-state index is -4.88. The summed E-state index contributed by atoms with van der Waals surface area (Å²) in [7, 11) is 0. The fourth-order valence-electron chi connectivity index (χ4n) is 3.97. The zero-order valence-electron chi connectivity index (χ0n) is 19.9. The van der Waals surface area contributed by atoms with Crippen LogP contribution in [0.3, 0.4) is 0 Å². The highest BCUT2D eigenvalue weighted by atomic mass is 19.4. The molecule has 0 radical (unpaired) electrons. The van der Waals surface area contributed by atoms with Gasteiger partial charge in [0.2, 0.25) is 5.43 Å². The normalized spacial score (nSPS) is 15.3. The smallest absolute Gasteiger partial charge is 0.405 e. The second-order valence-electron chi connectivity index (χ2n) is 8.66. The minimum Gasteiger partial charge on any atom is -0.405 e. The number of benzene rings is 1. The average Bonchev–Trinajstić information content (AvgIpc) is 3.11. The minimum absolute atomic E-state index is 0.0827. The molecular weight excluding hydrogens is 463 g/mol. The first-order chi connectivity index (χ1) is 16.6. The van der Waals surface area contributed by atoms with Crippen LogP contribution in [-0.4, -0.2) is 40.7 Å². The van der Waals surface area contributed by atoms with Gasteiger partial charge in [0.05, 0.1) is 0 Å². The molecule has 1 aliphatic heterocycles. The number of amides is 2. The molecule has 2 heterocycles. The summed E-state index contributed by atoms with van der Waals surface area (Å²) >= 11 is 0. The van der Waals surface area contributed by atoms with E-state index in [0.29, 0.717) is 19.5 Å². The molecule has 0 spiro atoms. The van der Waals surface area contributed by atoms with Gasteiger partial charge in [-0.15, -0.1) is 13.2 Å². The molecule has 2 aromatic rings. The van der Waals surface area contributed by atoms with E-state index in [1.165, 1.54) is 30.6 Å². The van der Waals surface area contributed by atoms with Crippen LogP contribution in [0.25, 0.3) is 0 Å². The van der Waals surface area contributed by atoms with Gasteiger partial charge in [-0.3, -0.25) is 14.4 Å². The first kappa shape index (κ1) is 26.3. The number of pyridine rings is 1. The van der Waals surface area contributed by atoms with Crippen molar-refractivity contribution in [1.82, 2.24) is 14.8 Å². The lowest BCUT2D eigenvalue weighted by molar-refractivity contribution is -0.274. The number of rotatable bonds is 7. The molecule has 1 saturated heterocycles. The van der Waals surface area contributed by atoms with Crippen LogP contribution in [0.1, 0.15) is 78.3 Å². The molecule has 1 aromatic carbocycles. The Labute approximate surface area is 201 Å². The van der Waals surface area contributed by atoms with Crippen molar-refractivity contribution in [3.8, 4) is 5.75 Å². The zero-order chi connectivity index (χ0) is 25.6. The molecule has 190 valence electrons. The number of hydrogen-bond acceptors (Lipinski definition) is 4. The quantitative estimate of drug-likeness (QED) is 0.608. The van der Waals surface area contributed by atoms with Gasteiger partial charge in [-0.2, -0.15) is 0 Å². The lowest BCUT2D eigenvalue weighted by atomic mass is 10.1. The second-order valence-corrected chi connectivity index (χ2v) is 8.66. The van der Waals surface area contributed by atoms with Gasteiger partial charge in [-0.25, -0.2) is 0 Å². The Morgan fingerprint density at radius 2 is 1.69 bits per heavy atom. The molecule has 1 aliphatic rings. The Balaban J connectivity index is 1.89. The van der Waals surface area contributed by atoms with Crippen molar-refractivity contribution in [1.29, 1.82) is 0 Å². The van der Waals surface area contributed by atoms with Gasteiger partial charge in [0, 0.05) is 43.6 Å². The molecule has 3 rings (SSSR count). The highest BCUT2D eigenvalue weighted by molar-refractivity contribution is 5.99. The van der Waals surface area contributed by atoms with E-state index in [4.69, 9.17) is 0 Å². The first-order valence-electron chi connectivity index (χ1n) is 11.8. The van der Waals surface area contributed by atoms with Crippen molar-refractivity contribution in [2.45, 2.75) is 64.9 Å². The molecule has 1 atom stereocenters. The summed E-state index contributed by atoms with van der Waals surface area (Å²) < 4.78 is 43.8. The number of aromatic nitrogens is 1. The maximum Gasteiger partial charge on any atom is 0.573 e. The van der Waals surface area contributed by atoms with Gasteiger partial charge in [-0.05, 0) is 32.3 Å². The number of para-hydroxylation sites is 1. The topological polar surface area (TPSA) is 80.6 Å². The summed E-state index contributed by atoms with van der Waals surface area (Å²) in [6, 6.07) is 5.35. The van der Waals surface area contributed by atoms with Crippen LogP contribution in [0.5, 0.6) is 5.75 Å². The van der Waals surface area contributed by atoms with Gasteiger partial charge in [0.25, 0.3) is 11.8 Å². The number of likely N-dealkylation sites (tertiary alicyclic amines) is 1. The molecule has 7 nitrogen and oxygen atoms in total. The number of hydrogen-bond donors (Lipinski definition) is 1. The molecule has 35 heavy (non-hydrogen) atoms. The van der Waals surface area contributed by atoms with Crippen molar-refractivity contribution in [2.75, 3.05) is 13.1 Å². The monoisotopic (exact) mass is 493 g/mol. The average molecular weight is 494 g/mol. The molecule has 0 aliphatic carbocycles. The molecule has 1 N–H and O–H groups in total. The number of alkyl halides is 3. The van der Waals surface area contributed by atoms with Gasteiger partial charge in [-0.1, -0.05) is 38.0 Å². The Hall–Kier alpha value is -3.30. The van der Waals surface area contributed by atoms with Crippen LogP contribution < -0.4 is 15.5 Å². The Kier molecular flexibility index (Phi) is 8.58. The van der Waals surface area contributed by atoms with Crippen LogP contribution in [0.15, 0.2) is 41.5 Å². The van der Waals surface area contributed by atoms with Crippen LogP contribution >= 0.6 is 0 Å². The Morgan fingerprint density at radius 1 is 1.06 bits per heavy atom. The molecule has 0 saturated carbocycles. The van der Waals surface area contributed by atoms with E-state index in [0.717, 1.165) is 31.7 Å². The molecule has 1 aromatic heterocycles. The third-order valence-corrected chi connectivity index (χ3v) is 6.15. The SMILES string of the molecule is CC[C@@H](C)n1cc(C(=O)NCc2ccccc2OC(F)(F)F)c(=O)c(C(=O)N2CCCCCC2)c1. The van der Waals surface area contributed by atoms with E-state index >= 15 is 0 Å². The standard InChI is InChI=1S/C25H30F3N3O4/c1-3-17(2)31-15-19(22(32)20(16-31)24(34)30-12-8-4-5-9-13-30)23(33)29-14-18-10-6-7-11-21(18)35-25(26,27)28/h6-7,10-11,15-17H,3-5,8-9,12-14H2,1-2H3,(H,29,33)/t17-/m1/s1. The molecule has 1 fully saturated rings. The summed E-state index contributed by atoms with van der Waals surface area (Å²) in [5, 5.41) is 2.50. The molecule has 2 amide bonds. The van der Waals surface area contributed by atoms with Crippen molar-refractivity contribution in [3.63, 3.8) is 0 Å². The van der Waals surface area contributed by atoms with Crippen LogP contribution in [0, 0.1) is 0 Å². The number of nitrogens with one attached hydrogen (secondary N) is 1. The predicted molar refractivity (Wildman–Crippen MR) is 124 cm³/mol. The fourth-order valence-corrected chi connectivity index (χ4v) is 3.97. The van der Waals surface area contributed by atoms with Crippen molar-refractivity contribution in [3.05, 3.63) is 63.6 Å². The number of nitrogens with zero attached hydrogens (tertiary/aromatic N) is 2. The van der Waals surface area contributed by atoms with Crippen LogP contribution in [0.4, 0.5) is 13.2 Å². The second kappa shape index (κ2) is 11.4. The van der Waals surface area contributed by atoms with Crippen molar-refractivity contribution in [2.24, 2.45) is 0 Å². The summed E-state index contributed by atoms with van der Waals surface area (Å²) in [6.45, 7) is 4.65. The largest absolute Gasteiger partial charge is 0.573 e. The maximum atomic E-state index is 13.2. The van der Waals surface area contributed by atoms with Gasteiger partial charge < -0.3 is 19.5 Å². The zero-order valence-corrected chi connectivity index (χ0v) is 19.9. The summed E-state index contributed by atoms with van der Waals surface area (Å²) in [4.78, 5) is 41.1. The lowest BCUT2D eigenvalue weighted by Gasteiger charge is -2.22. The third kappa shape index (κ3) is 6.86. The summed E-state index contributed by atoms with van der Waals surface area (Å²) in [5.41, 5.74) is -0.922. The van der Waals surface area contributed by atoms with E-state index in [-0.39, 0.29) is 29.3 Å². The molecule has 10 heteroatoms. The maximum absolute atomic E-state index is 13.2. The Morgan fingerprint density at radius 3 is 2.31 bits per heavy atom. The molecule has 0 unspecified atom stereocenters. The predicted octanol–water partition coefficient (Wildman–Crippen LogP) is 4.66. The number of halogens is 3.